The van der Waals surface area contributed by atoms with Crippen molar-refractivity contribution in [2.45, 2.75) is 12.8 Å². The standard InChI is InChI=1S/C15H22N2O2/c1-16-14-6-4-3-5-13(14)15(18)17(2)11-12-7-9-19-10-8-12/h3-6,12,16H,7-11H2,1-2H3. The van der Waals surface area contributed by atoms with Gasteiger partial charge in [0.1, 0.15) is 0 Å². The molecule has 1 heterocycles. The number of nitrogens with zero attached hydrogens (tertiary/aromatic N) is 1. The molecule has 0 bridgehead atoms. The quantitative estimate of drug-likeness (QED) is 0.904. The maximum Gasteiger partial charge on any atom is 0.255 e. The molecule has 4 heteroatoms. The van der Waals surface area contributed by atoms with E-state index in [0.29, 0.717) is 5.92 Å². The molecule has 0 unspecified atom stereocenters. The van der Waals surface area contributed by atoms with Crippen molar-refractivity contribution >= 4 is 11.6 Å². The minimum Gasteiger partial charge on any atom is -0.387 e. The molecule has 2 rings (SSSR count). The van der Waals surface area contributed by atoms with Gasteiger partial charge in [-0.3, -0.25) is 4.79 Å². The zero-order valence-electron chi connectivity index (χ0n) is 11.7. The Bertz CT molecular complexity index is 428. The maximum absolute atomic E-state index is 12.5. The Balaban J connectivity index is 2.01. The van der Waals surface area contributed by atoms with Crippen LogP contribution in [0.15, 0.2) is 24.3 Å². The SMILES string of the molecule is CNc1ccccc1C(=O)N(C)CC1CCOCC1. The number of para-hydroxylation sites is 1. The zero-order chi connectivity index (χ0) is 13.7. The molecule has 0 aromatic heterocycles. The van der Waals surface area contributed by atoms with E-state index in [9.17, 15) is 4.79 Å². The third kappa shape index (κ3) is 3.47. The lowest BCUT2D eigenvalue weighted by molar-refractivity contribution is 0.0497. The number of benzene rings is 1. The average molecular weight is 262 g/mol. The minimum atomic E-state index is 0.0800. The third-order valence-corrected chi connectivity index (χ3v) is 3.65. The first-order valence-electron chi connectivity index (χ1n) is 6.82. The summed E-state index contributed by atoms with van der Waals surface area (Å²) < 4.78 is 5.35. The van der Waals surface area contributed by atoms with E-state index in [1.165, 1.54) is 0 Å². The summed E-state index contributed by atoms with van der Waals surface area (Å²) in [6.07, 6.45) is 2.09. The molecule has 104 valence electrons. The fourth-order valence-electron chi connectivity index (χ4n) is 2.49. The van der Waals surface area contributed by atoms with Gasteiger partial charge in [-0.2, -0.15) is 0 Å². The van der Waals surface area contributed by atoms with Gasteiger partial charge in [0, 0.05) is 39.5 Å². The first kappa shape index (κ1) is 13.9. The number of ether oxygens (including phenoxy) is 1. The Hall–Kier alpha value is -1.55. The number of carbonyl (C=O) groups excluding carboxylic acids is 1. The van der Waals surface area contributed by atoms with Crippen LogP contribution >= 0.6 is 0 Å². The van der Waals surface area contributed by atoms with Crippen LogP contribution in [0.2, 0.25) is 0 Å². The van der Waals surface area contributed by atoms with Crippen LogP contribution in [0.3, 0.4) is 0 Å². The Morgan fingerprint density at radius 1 is 1.37 bits per heavy atom. The molecule has 0 atom stereocenters. The van der Waals surface area contributed by atoms with Crippen LogP contribution in [0, 0.1) is 5.92 Å². The monoisotopic (exact) mass is 262 g/mol. The molecule has 0 aliphatic carbocycles. The van der Waals surface area contributed by atoms with Crippen molar-refractivity contribution in [2.75, 3.05) is 39.2 Å². The van der Waals surface area contributed by atoms with E-state index >= 15 is 0 Å². The van der Waals surface area contributed by atoms with E-state index in [4.69, 9.17) is 4.74 Å². The smallest absolute Gasteiger partial charge is 0.255 e. The van der Waals surface area contributed by atoms with Gasteiger partial charge in [0.15, 0.2) is 0 Å². The minimum absolute atomic E-state index is 0.0800. The molecule has 1 aromatic rings. The van der Waals surface area contributed by atoms with Crippen LogP contribution in [0.1, 0.15) is 23.2 Å². The predicted molar refractivity (Wildman–Crippen MR) is 76.5 cm³/mol. The molecular formula is C15H22N2O2. The van der Waals surface area contributed by atoms with E-state index < -0.39 is 0 Å². The Labute approximate surface area is 114 Å². The molecule has 1 aliphatic rings. The lowest BCUT2D eigenvalue weighted by Crippen LogP contribution is -2.34. The molecular weight excluding hydrogens is 240 g/mol. The van der Waals surface area contributed by atoms with E-state index in [2.05, 4.69) is 5.32 Å². The van der Waals surface area contributed by atoms with E-state index in [1.807, 2.05) is 43.3 Å². The summed E-state index contributed by atoms with van der Waals surface area (Å²) in [6.45, 7) is 2.44. The van der Waals surface area contributed by atoms with Crippen molar-refractivity contribution in [3.63, 3.8) is 0 Å². The highest BCUT2D eigenvalue weighted by atomic mass is 16.5. The summed E-state index contributed by atoms with van der Waals surface area (Å²) in [4.78, 5) is 14.3. The van der Waals surface area contributed by atoms with Crippen LogP contribution in [0.25, 0.3) is 0 Å². The van der Waals surface area contributed by atoms with Crippen molar-refractivity contribution in [3.05, 3.63) is 29.8 Å². The number of nitrogens with one attached hydrogen (secondary N) is 1. The highest BCUT2D eigenvalue weighted by Crippen LogP contribution is 2.19. The first-order valence-corrected chi connectivity index (χ1v) is 6.82. The number of amides is 1. The van der Waals surface area contributed by atoms with Crippen molar-refractivity contribution < 1.29 is 9.53 Å². The van der Waals surface area contributed by atoms with Crippen molar-refractivity contribution in [1.82, 2.24) is 4.90 Å². The molecule has 1 N–H and O–H groups in total. The molecule has 1 aromatic carbocycles. The van der Waals surface area contributed by atoms with Crippen molar-refractivity contribution in [1.29, 1.82) is 0 Å². The van der Waals surface area contributed by atoms with Crippen LogP contribution in [-0.2, 0) is 4.74 Å². The normalized spacial score (nSPS) is 16.1. The second-order valence-electron chi connectivity index (χ2n) is 5.04. The molecule has 1 fully saturated rings. The number of rotatable bonds is 4. The summed E-state index contributed by atoms with van der Waals surface area (Å²) in [6, 6.07) is 7.63. The zero-order valence-corrected chi connectivity index (χ0v) is 11.7. The molecule has 1 amide bonds. The number of carbonyl (C=O) groups is 1. The van der Waals surface area contributed by atoms with Gasteiger partial charge >= 0.3 is 0 Å². The molecule has 1 aliphatic heterocycles. The fourth-order valence-corrected chi connectivity index (χ4v) is 2.49. The van der Waals surface area contributed by atoms with Crippen LogP contribution < -0.4 is 5.32 Å². The molecule has 0 spiro atoms. The molecule has 1 saturated heterocycles. The van der Waals surface area contributed by atoms with Crippen molar-refractivity contribution in [3.8, 4) is 0 Å². The van der Waals surface area contributed by atoms with E-state index in [1.54, 1.807) is 0 Å². The van der Waals surface area contributed by atoms with Crippen LogP contribution in [0.5, 0.6) is 0 Å². The summed E-state index contributed by atoms with van der Waals surface area (Å²) in [5.41, 5.74) is 1.62. The highest BCUT2D eigenvalue weighted by Gasteiger charge is 2.20. The number of hydrogen-bond acceptors (Lipinski definition) is 3. The van der Waals surface area contributed by atoms with Crippen molar-refractivity contribution in [2.24, 2.45) is 5.92 Å². The molecule has 0 radical (unpaired) electrons. The van der Waals surface area contributed by atoms with Gasteiger partial charge < -0.3 is 15.0 Å². The lowest BCUT2D eigenvalue weighted by Gasteiger charge is -2.27. The Morgan fingerprint density at radius 3 is 2.74 bits per heavy atom. The fraction of sp³-hybridized carbons (Fsp3) is 0.533. The largest absolute Gasteiger partial charge is 0.387 e. The van der Waals surface area contributed by atoms with Gasteiger partial charge in [0.05, 0.1) is 5.56 Å². The number of anilines is 1. The van der Waals surface area contributed by atoms with Gasteiger partial charge in [0.25, 0.3) is 5.91 Å². The summed E-state index contributed by atoms with van der Waals surface area (Å²) >= 11 is 0. The summed E-state index contributed by atoms with van der Waals surface area (Å²) in [5, 5.41) is 3.07. The Morgan fingerprint density at radius 2 is 2.05 bits per heavy atom. The summed E-state index contributed by atoms with van der Waals surface area (Å²) in [7, 11) is 3.72. The lowest BCUT2D eigenvalue weighted by atomic mass is 9.99. The second kappa shape index (κ2) is 6.57. The van der Waals surface area contributed by atoms with Gasteiger partial charge in [-0.15, -0.1) is 0 Å². The topological polar surface area (TPSA) is 41.6 Å². The Kier molecular flexibility index (Phi) is 4.80. The second-order valence-corrected chi connectivity index (χ2v) is 5.04. The van der Waals surface area contributed by atoms with E-state index in [-0.39, 0.29) is 5.91 Å². The average Bonchev–Trinajstić information content (AvgIpc) is 2.47. The van der Waals surface area contributed by atoms with Crippen LogP contribution in [0.4, 0.5) is 5.69 Å². The number of hydrogen-bond donors (Lipinski definition) is 1. The van der Waals surface area contributed by atoms with Gasteiger partial charge in [-0.1, -0.05) is 12.1 Å². The summed E-state index contributed by atoms with van der Waals surface area (Å²) in [5.74, 6) is 0.640. The molecule has 0 saturated carbocycles. The van der Waals surface area contributed by atoms with Gasteiger partial charge in [-0.25, -0.2) is 0 Å². The van der Waals surface area contributed by atoms with Crippen LogP contribution in [-0.4, -0.2) is 44.7 Å². The molecule has 4 nitrogen and oxygen atoms in total. The van der Waals surface area contributed by atoms with E-state index in [0.717, 1.165) is 43.9 Å². The molecule has 19 heavy (non-hydrogen) atoms. The first-order chi connectivity index (χ1) is 9.22. The highest BCUT2D eigenvalue weighted by molar-refractivity contribution is 5.99. The predicted octanol–water partition coefficient (Wildman–Crippen LogP) is 2.23. The third-order valence-electron chi connectivity index (χ3n) is 3.65. The van der Waals surface area contributed by atoms with Gasteiger partial charge in [-0.05, 0) is 30.9 Å². The van der Waals surface area contributed by atoms with Gasteiger partial charge in [0.2, 0.25) is 0 Å². The maximum atomic E-state index is 12.5.